The number of thiophene rings is 1. The maximum atomic E-state index is 12.2. The van der Waals surface area contributed by atoms with Gasteiger partial charge in [-0.25, -0.2) is 9.78 Å². The quantitative estimate of drug-likeness (QED) is 0.205. The van der Waals surface area contributed by atoms with E-state index in [2.05, 4.69) is 44.8 Å². The second-order valence-corrected chi connectivity index (χ2v) is 12.1. The molecule has 2 N–H and O–H groups in total. The van der Waals surface area contributed by atoms with Crippen LogP contribution in [0.1, 0.15) is 28.1 Å². The van der Waals surface area contributed by atoms with E-state index >= 15 is 0 Å². The van der Waals surface area contributed by atoms with Crippen molar-refractivity contribution in [2.75, 3.05) is 41.8 Å². The number of carbonyl (C=O) groups excluding carboxylic acids is 1. The average molecular weight is 583 g/mol. The third-order valence-corrected chi connectivity index (χ3v) is 8.99. The Labute approximate surface area is 240 Å². The predicted molar refractivity (Wildman–Crippen MR) is 158 cm³/mol. The van der Waals surface area contributed by atoms with Crippen molar-refractivity contribution in [1.29, 1.82) is 0 Å². The molecule has 12 heteroatoms. The summed E-state index contributed by atoms with van der Waals surface area (Å²) in [7, 11) is 0. The highest BCUT2D eigenvalue weighted by atomic mass is 32.2. The molecule has 3 aromatic heterocycles. The number of morpholine rings is 1. The Bertz CT molecular complexity index is 1360. The summed E-state index contributed by atoms with van der Waals surface area (Å²) in [6.07, 6.45) is 0.418. The van der Waals surface area contributed by atoms with Crippen LogP contribution in [0.5, 0.6) is 0 Å². The number of nitrogens with one attached hydrogen (secondary N) is 2. The van der Waals surface area contributed by atoms with Gasteiger partial charge in [-0.05, 0) is 41.6 Å². The molecule has 0 radical (unpaired) electrons. The lowest BCUT2D eigenvalue weighted by atomic mass is 10.2. The van der Waals surface area contributed by atoms with Crippen LogP contribution in [0, 0.1) is 0 Å². The fraction of sp³-hybridized carbons (Fsp3) is 0.333. The van der Waals surface area contributed by atoms with E-state index in [4.69, 9.17) is 14.5 Å². The van der Waals surface area contributed by atoms with Gasteiger partial charge < -0.3 is 19.7 Å². The Kier molecular flexibility index (Phi) is 9.65. The number of carbonyl (C=O) groups is 1. The molecule has 0 unspecified atom stereocenters. The molecular weight excluding hydrogens is 553 g/mol. The minimum atomic E-state index is -0.475. The molecule has 1 aliphatic rings. The summed E-state index contributed by atoms with van der Waals surface area (Å²) < 4.78 is 11.8. The minimum Gasteiger partial charge on any atom is -0.444 e. The number of nitrogens with zero attached hydrogens (tertiary/aromatic N) is 4. The normalized spacial score (nSPS) is 13.3. The Morgan fingerprint density at radius 1 is 1.15 bits per heavy atom. The topological polar surface area (TPSA) is 102 Å². The molecule has 1 amide bonds. The van der Waals surface area contributed by atoms with Gasteiger partial charge in [0.25, 0.3) is 0 Å². The zero-order chi connectivity index (χ0) is 26.9. The second kappa shape index (κ2) is 13.7. The van der Waals surface area contributed by atoms with E-state index in [0.29, 0.717) is 18.0 Å². The number of benzene rings is 1. The summed E-state index contributed by atoms with van der Waals surface area (Å²) in [6.45, 7) is 6.04. The van der Waals surface area contributed by atoms with Crippen molar-refractivity contribution in [3.63, 3.8) is 0 Å². The summed E-state index contributed by atoms with van der Waals surface area (Å²) in [5.74, 6) is 1.51. The number of thioether (sulfide) groups is 1. The van der Waals surface area contributed by atoms with E-state index in [1.54, 1.807) is 34.4 Å². The first kappa shape index (κ1) is 27.4. The van der Waals surface area contributed by atoms with Crippen LogP contribution >= 0.6 is 34.4 Å². The smallest absolute Gasteiger partial charge is 0.411 e. The third kappa shape index (κ3) is 8.15. The fourth-order valence-corrected chi connectivity index (χ4v) is 6.30. The van der Waals surface area contributed by atoms with Crippen molar-refractivity contribution < 1.29 is 14.3 Å². The average Bonchev–Trinajstić information content (AvgIpc) is 3.67. The van der Waals surface area contributed by atoms with Crippen molar-refractivity contribution in [2.24, 2.45) is 0 Å². The van der Waals surface area contributed by atoms with Crippen molar-refractivity contribution in [2.45, 2.75) is 36.6 Å². The van der Waals surface area contributed by atoms with Gasteiger partial charge in [0.2, 0.25) is 0 Å². The Morgan fingerprint density at radius 3 is 2.85 bits per heavy atom. The van der Waals surface area contributed by atoms with E-state index in [1.807, 2.05) is 41.8 Å². The number of hydrogen-bond donors (Lipinski definition) is 2. The SMILES string of the molecule is CCc1nnc(SCc2cc(N3CCOCC3)cc(NCc3cccc(NC(=O)OCc4cccs4)c3)n2)s1. The first-order valence-corrected chi connectivity index (χ1v) is 15.4. The number of rotatable bonds is 11. The van der Waals surface area contributed by atoms with E-state index in [-0.39, 0.29) is 6.61 Å². The number of amides is 1. The van der Waals surface area contributed by atoms with Gasteiger partial charge in [0.1, 0.15) is 17.4 Å². The van der Waals surface area contributed by atoms with Gasteiger partial charge in [0.15, 0.2) is 4.34 Å². The summed E-state index contributed by atoms with van der Waals surface area (Å²) >= 11 is 4.85. The van der Waals surface area contributed by atoms with Crippen LogP contribution in [0.3, 0.4) is 0 Å². The van der Waals surface area contributed by atoms with Crippen LogP contribution in [0.4, 0.5) is 22.0 Å². The van der Waals surface area contributed by atoms with Crippen LogP contribution in [-0.2, 0) is 34.8 Å². The summed E-state index contributed by atoms with van der Waals surface area (Å²) in [5.41, 5.74) is 3.80. The largest absolute Gasteiger partial charge is 0.444 e. The number of aryl methyl sites for hydroxylation is 1. The van der Waals surface area contributed by atoms with Crippen molar-refractivity contribution in [1.82, 2.24) is 15.2 Å². The van der Waals surface area contributed by atoms with Crippen LogP contribution in [0.2, 0.25) is 0 Å². The van der Waals surface area contributed by atoms with Gasteiger partial charge in [-0.3, -0.25) is 5.32 Å². The second-order valence-electron chi connectivity index (χ2n) is 8.74. The predicted octanol–water partition coefficient (Wildman–Crippen LogP) is 6.05. The molecule has 1 saturated heterocycles. The zero-order valence-electron chi connectivity index (χ0n) is 21.6. The Hall–Kier alpha value is -3.19. The van der Waals surface area contributed by atoms with Crippen LogP contribution in [0.15, 0.2) is 58.3 Å². The molecule has 9 nitrogen and oxygen atoms in total. The van der Waals surface area contributed by atoms with Crippen molar-refractivity contribution in [3.05, 3.63) is 75.1 Å². The first-order chi connectivity index (χ1) is 19.1. The van der Waals surface area contributed by atoms with Crippen molar-refractivity contribution in [3.8, 4) is 0 Å². The van der Waals surface area contributed by atoms with E-state index in [1.165, 1.54) is 0 Å². The zero-order valence-corrected chi connectivity index (χ0v) is 24.0. The molecule has 1 aliphatic heterocycles. The van der Waals surface area contributed by atoms with Gasteiger partial charge >= 0.3 is 6.09 Å². The molecule has 4 aromatic rings. The van der Waals surface area contributed by atoms with Gasteiger partial charge in [-0.1, -0.05) is 48.2 Å². The van der Waals surface area contributed by atoms with Crippen molar-refractivity contribution >= 4 is 57.7 Å². The standard InChI is InChI=1S/C27H30N6O3S3/c1-2-25-31-32-27(39-25)38-18-21-14-22(33-8-10-35-11-9-33)15-24(29-21)28-16-19-5-3-6-20(13-19)30-26(34)36-17-23-7-4-12-37-23/h3-7,12-15H,2,8-11,16-18H2,1H3,(H,28,29)(H,30,34). The first-order valence-electron chi connectivity index (χ1n) is 12.7. The lowest BCUT2D eigenvalue weighted by molar-refractivity contribution is 0.122. The molecule has 5 rings (SSSR count). The summed E-state index contributed by atoms with van der Waals surface area (Å²) in [6, 6.07) is 15.8. The van der Waals surface area contributed by atoms with Crippen LogP contribution in [0.25, 0.3) is 0 Å². The lowest BCUT2D eigenvalue weighted by Crippen LogP contribution is -2.36. The van der Waals surface area contributed by atoms with E-state index < -0.39 is 6.09 Å². The maximum absolute atomic E-state index is 12.2. The number of pyridine rings is 1. The molecule has 39 heavy (non-hydrogen) atoms. The maximum Gasteiger partial charge on any atom is 0.411 e. The van der Waals surface area contributed by atoms with Crippen LogP contribution < -0.4 is 15.5 Å². The van der Waals surface area contributed by atoms with Gasteiger partial charge in [0.05, 0.1) is 18.9 Å². The molecule has 0 aliphatic carbocycles. The van der Waals surface area contributed by atoms with Gasteiger partial charge in [-0.2, -0.15) is 0 Å². The number of hydrogen-bond acceptors (Lipinski definition) is 11. The molecule has 0 spiro atoms. The Balaban J connectivity index is 1.23. The van der Waals surface area contributed by atoms with Gasteiger partial charge in [0, 0.05) is 47.7 Å². The van der Waals surface area contributed by atoms with E-state index in [9.17, 15) is 4.79 Å². The minimum absolute atomic E-state index is 0.259. The third-order valence-electron chi connectivity index (χ3n) is 5.91. The Morgan fingerprint density at radius 2 is 2.05 bits per heavy atom. The number of aromatic nitrogens is 3. The molecule has 204 valence electrons. The molecule has 0 bridgehead atoms. The molecule has 1 aromatic carbocycles. The monoisotopic (exact) mass is 582 g/mol. The highest BCUT2D eigenvalue weighted by Gasteiger charge is 2.15. The highest BCUT2D eigenvalue weighted by molar-refractivity contribution is 8.00. The number of anilines is 3. The van der Waals surface area contributed by atoms with E-state index in [0.717, 1.165) is 69.7 Å². The molecule has 0 saturated carbocycles. The molecular formula is C27H30N6O3S3. The van der Waals surface area contributed by atoms with Crippen LogP contribution in [-0.4, -0.2) is 47.6 Å². The summed E-state index contributed by atoms with van der Waals surface area (Å²) in [4.78, 5) is 20.4. The number of ether oxygens (including phenoxy) is 2. The molecule has 1 fully saturated rings. The fourth-order valence-electron chi connectivity index (χ4n) is 3.95. The molecule has 4 heterocycles. The summed E-state index contributed by atoms with van der Waals surface area (Å²) in [5, 5.41) is 17.8. The molecule has 0 atom stereocenters. The van der Waals surface area contributed by atoms with Gasteiger partial charge in [-0.15, -0.1) is 21.5 Å². The highest BCUT2D eigenvalue weighted by Crippen LogP contribution is 2.29. The lowest BCUT2D eigenvalue weighted by Gasteiger charge is -2.29.